The third-order valence-electron chi connectivity index (χ3n) is 3.69. The summed E-state index contributed by atoms with van der Waals surface area (Å²) in [5.74, 6) is 2.73. The maximum atomic E-state index is 4.42. The molecule has 0 radical (unpaired) electrons. The lowest BCUT2D eigenvalue weighted by atomic mass is 9.78. The van der Waals surface area contributed by atoms with Crippen LogP contribution in [0.5, 0.6) is 0 Å². The molecule has 16 heavy (non-hydrogen) atoms. The molecule has 0 aromatic carbocycles. The molecule has 1 aliphatic rings. The van der Waals surface area contributed by atoms with Crippen molar-refractivity contribution in [2.75, 3.05) is 6.54 Å². The monoisotopic (exact) mass is 221 g/mol. The van der Waals surface area contributed by atoms with Gasteiger partial charge >= 0.3 is 0 Å². The first kappa shape index (κ1) is 11.6. The number of rotatable bonds is 4. The molecule has 3 atom stereocenters. The molecule has 0 saturated heterocycles. The molecule has 1 heterocycles. The predicted molar refractivity (Wildman–Crippen MR) is 66.1 cm³/mol. The van der Waals surface area contributed by atoms with Gasteiger partial charge in [0.25, 0.3) is 0 Å². The van der Waals surface area contributed by atoms with Gasteiger partial charge in [0, 0.05) is 12.4 Å². The zero-order chi connectivity index (χ0) is 11.4. The standard InChI is InChI=1S/C13H23N3/c1-3-14-12(13-15-7-8-16-13)11-6-4-5-10(2)9-11/h7-8,10-12,14H,3-6,9H2,1-2H3,(H,15,16). The number of aromatic amines is 1. The summed E-state index contributed by atoms with van der Waals surface area (Å²) in [6.07, 6.45) is 9.21. The van der Waals surface area contributed by atoms with Gasteiger partial charge in [0.1, 0.15) is 5.82 Å². The van der Waals surface area contributed by atoms with E-state index in [1.807, 2.05) is 12.4 Å². The number of imidazole rings is 1. The van der Waals surface area contributed by atoms with Crippen molar-refractivity contribution in [2.24, 2.45) is 11.8 Å². The highest BCUT2D eigenvalue weighted by atomic mass is 15.0. The molecule has 0 bridgehead atoms. The summed E-state index contributed by atoms with van der Waals surface area (Å²) in [5.41, 5.74) is 0. The van der Waals surface area contributed by atoms with E-state index in [-0.39, 0.29) is 0 Å². The summed E-state index contributed by atoms with van der Waals surface area (Å²) >= 11 is 0. The first-order valence-corrected chi connectivity index (χ1v) is 6.54. The molecule has 1 aromatic rings. The van der Waals surface area contributed by atoms with Gasteiger partial charge in [0.05, 0.1) is 6.04 Å². The molecule has 1 aliphatic carbocycles. The van der Waals surface area contributed by atoms with Crippen molar-refractivity contribution in [3.05, 3.63) is 18.2 Å². The molecular formula is C13H23N3. The average molecular weight is 221 g/mol. The first-order chi connectivity index (χ1) is 7.81. The molecule has 1 aromatic heterocycles. The number of nitrogens with zero attached hydrogens (tertiary/aromatic N) is 1. The van der Waals surface area contributed by atoms with E-state index >= 15 is 0 Å². The van der Waals surface area contributed by atoms with Crippen molar-refractivity contribution in [1.29, 1.82) is 0 Å². The number of H-pyrrole nitrogens is 1. The number of aromatic nitrogens is 2. The van der Waals surface area contributed by atoms with Crippen LogP contribution in [-0.2, 0) is 0 Å². The normalized spacial score (nSPS) is 27.9. The fraction of sp³-hybridized carbons (Fsp3) is 0.769. The molecule has 1 saturated carbocycles. The SMILES string of the molecule is CCNC(c1ncc[nH]1)C1CCCC(C)C1. The Morgan fingerprint density at radius 1 is 1.56 bits per heavy atom. The van der Waals surface area contributed by atoms with Gasteiger partial charge in [-0.15, -0.1) is 0 Å². The second kappa shape index (κ2) is 5.48. The third kappa shape index (κ3) is 2.64. The number of nitrogens with one attached hydrogen (secondary N) is 2. The van der Waals surface area contributed by atoms with Gasteiger partial charge in [-0.1, -0.05) is 26.7 Å². The van der Waals surface area contributed by atoms with E-state index in [0.29, 0.717) is 6.04 Å². The lowest BCUT2D eigenvalue weighted by Gasteiger charge is -2.32. The van der Waals surface area contributed by atoms with E-state index in [2.05, 4.69) is 29.1 Å². The van der Waals surface area contributed by atoms with Crippen molar-refractivity contribution >= 4 is 0 Å². The van der Waals surface area contributed by atoms with Gasteiger partial charge in [-0.05, 0) is 31.2 Å². The molecule has 0 aliphatic heterocycles. The molecule has 2 N–H and O–H groups in total. The van der Waals surface area contributed by atoms with Crippen molar-refractivity contribution in [2.45, 2.75) is 45.6 Å². The fourth-order valence-electron chi connectivity index (χ4n) is 2.94. The van der Waals surface area contributed by atoms with E-state index in [1.54, 1.807) is 0 Å². The van der Waals surface area contributed by atoms with E-state index < -0.39 is 0 Å². The second-order valence-electron chi connectivity index (χ2n) is 5.04. The largest absolute Gasteiger partial charge is 0.347 e. The van der Waals surface area contributed by atoms with Crippen molar-refractivity contribution in [3.63, 3.8) is 0 Å². The summed E-state index contributed by atoms with van der Waals surface area (Å²) in [6, 6.07) is 0.419. The van der Waals surface area contributed by atoms with Crippen LogP contribution in [0.25, 0.3) is 0 Å². The minimum atomic E-state index is 0.419. The Hall–Kier alpha value is -0.830. The van der Waals surface area contributed by atoms with Crippen LogP contribution in [0, 0.1) is 11.8 Å². The summed E-state index contributed by atoms with van der Waals surface area (Å²) in [6.45, 7) is 5.55. The quantitative estimate of drug-likeness (QED) is 0.820. The Bertz CT molecular complexity index is 294. The van der Waals surface area contributed by atoms with Gasteiger partial charge in [-0.2, -0.15) is 0 Å². The minimum absolute atomic E-state index is 0.419. The van der Waals surface area contributed by atoms with Crippen LogP contribution >= 0.6 is 0 Å². The van der Waals surface area contributed by atoms with Gasteiger partial charge in [-0.25, -0.2) is 4.98 Å². The highest BCUT2D eigenvalue weighted by Crippen LogP contribution is 2.35. The van der Waals surface area contributed by atoms with Crippen molar-refractivity contribution < 1.29 is 0 Å². The molecule has 90 valence electrons. The van der Waals surface area contributed by atoms with E-state index in [1.165, 1.54) is 25.7 Å². The highest BCUT2D eigenvalue weighted by Gasteiger charge is 2.28. The lowest BCUT2D eigenvalue weighted by molar-refractivity contribution is 0.220. The Labute approximate surface area is 98.1 Å². The zero-order valence-corrected chi connectivity index (χ0v) is 10.4. The van der Waals surface area contributed by atoms with E-state index in [9.17, 15) is 0 Å². The predicted octanol–water partition coefficient (Wildman–Crippen LogP) is 2.89. The fourth-order valence-corrected chi connectivity index (χ4v) is 2.94. The molecule has 3 unspecified atom stereocenters. The molecule has 2 rings (SSSR count). The summed E-state index contributed by atoms with van der Waals surface area (Å²) in [4.78, 5) is 7.68. The Morgan fingerprint density at radius 2 is 2.44 bits per heavy atom. The zero-order valence-electron chi connectivity index (χ0n) is 10.4. The molecule has 0 spiro atoms. The Kier molecular flexibility index (Phi) is 3.99. The van der Waals surface area contributed by atoms with E-state index in [0.717, 1.165) is 24.2 Å². The average Bonchev–Trinajstić information content (AvgIpc) is 2.79. The van der Waals surface area contributed by atoms with Gasteiger partial charge < -0.3 is 10.3 Å². The third-order valence-corrected chi connectivity index (χ3v) is 3.69. The van der Waals surface area contributed by atoms with Gasteiger partial charge in [0.2, 0.25) is 0 Å². The molecule has 3 nitrogen and oxygen atoms in total. The first-order valence-electron chi connectivity index (χ1n) is 6.54. The van der Waals surface area contributed by atoms with Crippen molar-refractivity contribution in [3.8, 4) is 0 Å². The van der Waals surface area contributed by atoms with Gasteiger partial charge in [0.15, 0.2) is 0 Å². The molecular weight excluding hydrogens is 198 g/mol. The Balaban J connectivity index is 2.06. The second-order valence-corrected chi connectivity index (χ2v) is 5.04. The minimum Gasteiger partial charge on any atom is -0.347 e. The number of hydrogen-bond donors (Lipinski definition) is 2. The smallest absolute Gasteiger partial charge is 0.123 e. The molecule has 1 fully saturated rings. The van der Waals surface area contributed by atoms with Gasteiger partial charge in [-0.3, -0.25) is 0 Å². The van der Waals surface area contributed by atoms with Crippen LogP contribution in [0.3, 0.4) is 0 Å². The lowest BCUT2D eigenvalue weighted by Crippen LogP contribution is -2.32. The molecule has 0 amide bonds. The summed E-state index contributed by atoms with van der Waals surface area (Å²) < 4.78 is 0. The van der Waals surface area contributed by atoms with Crippen LogP contribution in [0.1, 0.15) is 51.4 Å². The van der Waals surface area contributed by atoms with E-state index in [4.69, 9.17) is 0 Å². The topological polar surface area (TPSA) is 40.7 Å². The van der Waals surface area contributed by atoms with Crippen LogP contribution in [0.15, 0.2) is 12.4 Å². The Morgan fingerprint density at radius 3 is 3.06 bits per heavy atom. The summed E-state index contributed by atoms with van der Waals surface area (Å²) in [5, 5.41) is 3.58. The molecule has 3 heteroatoms. The maximum Gasteiger partial charge on any atom is 0.123 e. The van der Waals surface area contributed by atoms with Crippen molar-refractivity contribution in [1.82, 2.24) is 15.3 Å². The van der Waals surface area contributed by atoms with Crippen LogP contribution in [0.2, 0.25) is 0 Å². The maximum absolute atomic E-state index is 4.42. The summed E-state index contributed by atoms with van der Waals surface area (Å²) in [7, 11) is 0. The van der Waals surface area contributed by atoms with Crippen LogP contribution in [-0.4, -0.2) is 16.5 Å². The number of hydrogen-bond acceptors (Lipinski definition) is 2. The van der Waals surface area contributed by atoms with Crippen LogP contribution in [0.4, 0.5) is 0 Å². The highest BCUT2D eigenvalue weighted by molar-refractivity contribution is 4.99. The van der Waals surface area contributed by atoms with Crippen LogP contribution < -0.4 is 5.32 Å².